The Morgan fingerprint density at radius 1 is 1.24 bits per heavy atom. The molecule has 0 aliphatic carbocycles. The molecule has 0 amide bonds. The molecular weight excluding hydrogens is 276 g/mol. The molecule has 2 heterocycles. The number of hydrogen-bond donors (Lipinski definition) is 0. The van der Waals surface area contributed by atoms with Crippen LogP contribution in [0.1, 0.15) is 20.8 Å². The second-order valence-corrected chi connectivity index (χ2v) is 5.90. The summed E-state index contributed by atoms with van der Waals surface area (Å²) in [6, 6.07) is 0. The molecule has 0 radical (unpaired) electrons. The second-order valence-electron chi connectivity index (χ2n) is 5.90. The first-order valence-corrected chi connectivity index (χ1v) is 6.42. The summed E-state index contributed by atoms with van der Waals surface area (Å²) in [6.45, 7) is 5.10. The van der Waals surface area contributed by atoms with E-state index >= 15 is 0 Å². The summed E-state index contributed by atoms with van der Waals surface area (Å²) in [5, 5.41) is 0. The Labute approximate surface area is 120 Å². The average Bonchev–Trinajstić information content (AvgIpc) is 2.83. The van der Waals surface area contributed by atoms with Gasteiger partial charge < -0.3 is 4.74 Å². The molecule has 2 rings (SSSR count). The van der Waals surface area contributed by atoms with Gasteiger partial charge in [0.2, 0.25) is 0 Å². The van der Waals surface area contributed by atoms with Gasteiger partial charge in [-0.05, 0) is 20.8 Å². The zero-order valence-electron chi connectivity index (χ0n) is 12.7. The van der Waals surface area contributed by atoms with Gasteiger partial charge in [-0.2, -0.15) is 0 Å². The van der Waals surface area contributed by atoms with Crippen LogP contribution in [0.4, 0.5) is 0 Å². The van der Waals surface area contributed by atoms with Gasteiger partial charge in [-0.1, -0.05) is 0 Å². The largest absolute Gasteiger partial charge is 0.443 e. The van der Waals surface area contributed by atoms with E-state index < -0.39 is 16.7 Å². The van der Waals surface area contributed by atoms with Gasteiger partial charge in [-0.15, -0.1) is 0 Å². The van der Waals surface area contributed by atoms with Gasteiger partial charge >= 0.3 is 11.7 Å². The van der Waals surface area contributed by atoms with E-state index in [0.717, 1.165) is 4.57 Å². The first kappa shape index (κ1) is 15.0. The van der Waals surface area contributed by atoms with Gasteiger partial charge in [0.25, 0.3) is 5.56 Å². The topological polar surface area (TPSA) is 88.1 Å². The second kappa shape index (κ2) is 4.87. The molecule has 21 heavy (non-hydrogen) atoms. The Hall–Kier alpha value is -2.38. The molecule has 8 nitrogen and oxygen atoms in total. The molecule has 0 spiro atoms. The minimum absolute atomic E-state index is 0.125. The lowest BCUT2D eigenvalue weighted by atomic mass is 9.98. The van der Waals surface area contributed by atoms with Crippen molar-refractivity contribution in [1.82, 2.24) is 18.7 Å². The summed E-state index contributed by atoms with van der Waals surface area (Å²) in [5.74, 6) is -0.383. The highest BCUT2D eigenvalue weighted by Gasteiger charge is 2.23. The van der Waals surface area contributed by atoms with Crippen LogP contribution >= 0.6 is 0 Å². The SMILES string of the molecule is Cn1c(=O)c2c(ncn2COC(=O)C(C)(C)C)n(C)c1=O. The lowest BCUT2D eigenvalue weighted by Gasteiger charge is -2.16. The van der Waals surface area contributed by atoms with Gasteiger partial charge in [0.1, 0.15) is 6.33 Å². The number of aryl methyl sites for hydroxylation is 1. The van der Waals surface area contributed by atoms with E-state index in [1.165, 1.54) is 29.6 Å². The van der Waals surface area contributed by atoms with Crippen LogP contribution in [0.15, 0.2) is 15.9 Å². The van der Waals surface area contributed by atoms with E-state index in [1.807, 2.05) is 0 Å². The van der Waals surface area contributed by atoms with Crippen LogP contribution in [-0.2, 0) is 30.4 Å². The predicted molar refractivity (Wildman–Crippen MR) is 75.8 cm³/mol. The average molecular weight is 294 g/mol. The van der Waals surface area contributed by atoms with Crippen molar-refractivity contribution < 1.29 is 9.53 Å². The maximum atomic E-state index is 12.2. The minimum atomic E-state index is -0.631. The Morgan fingerprint density at radius 2 is 1.86 bits per heavy atom. The van der Waals surface area contributed by atoms with E-state index in [4.69, 9.17) is 4.74 Å². The first-order chi connectivity index (χ1) is 9.64. The van der Waals surface area contributed by atoms with Crippen molar-refractivity contribution in [3.63, 3.8) is 0 Å². The van der Waals surface area contributed by atoms with Gasteiger partial charge in [-0.25, -0.2) is 9.78 Å². The summed E-state index contributed by atoms with van der Waals surface area (Å²) in [6.07, 6.45) is 1.38. The fourth-order valence-electron chi connectivity index (χ4n) is 1.84. The third-order valence-corrected chi connectivity index (χ3v) is 3.16. The van der Waals surface area contributed by atoms with Crippen molar-refractivity contribution >= 4 is 17.1 Å². The normalized spacial score (nSPS) is 11.9. The molecular formula is C13H18N4O4. The number of aromatic nitrogens is 4. The Kier molecular flexibility index (Phi) is 3.48. The molecule has 0 aromatic carbocycles. The van der Waals surface area contributed by atoms with Crippen LogP contribution < -0.4 is 11.2 Å². The first-order valence-electron chi connectivity index (χ1n) is 6.42. The highest BCUT2D eigenvalue weighted by Crippen LogP contribution is 2.16. The summed E-state index contributed by atoms with van der Waals surface area (Å²) in [5.41, 5.74) is -1.08. The summed E-state index contributed by atoms with van der Waals surface area (Å²) >= 11 is 0. The van der Waals surface area contributed by atoms with Gasteiger partial charge in [0.15, 0.2) is 17.9 Å². The van der Waals surface area contributed by atoms with Crippen molar-refractivity contribution in [3.05, 3.63) is 27.2 Å². The number of carbonyl (C=O) groups is 1. The van der Waals surface area contributed by atoms with Crippen molar-refractivity contribution in [2.75, 3.05) is 0 Å². The molecule has 2 aromatic heterocycles. The number of carbonyl (C=O) groups excluding carboxylic acids is 1. The fraction of sp³-hybridized carbons (Fsp3) is 0.538. The van der Waals surface area contributed by atoms with Crippen molar-refractivity contribution in [1.29, 1.82) is 0 Å². The number of esters is 1. The third-order valence-electron chi connectivity index (χ3n) is 3.16. The summed E-state index contributed by atoms with van der Waals surface area (Å²) < 4.78 is 8.86. The maximum absolute atomic E-state index is 12.2. The summed E-state index contributed by atoms with van der Waals surface area (Å²) in [4.78, 5) is 39.8. The molecule has 0 saturated heterocycles. The van der Waals surface area contributed by atoms with E-state index in [-0.39, 0.29) is 23.9 Å². The quantitative estimate of drug-likeness (QED) is 0.726. The van der Waals surface area contributed by atoms with Crippen LogP contribution in [0.2, 0.25) is 0 Å². The van der Waals surface area contributed by atoms with Crippen molar-refractivity contribution in [2.45, 2.75) is 27.5 Å². The Balaban J connectivity index is 2.46. The molecule has 0 unspecified atom stereocenters. The number of imidazole rings is 1. The fourth-order valence-corrected chi connectivity index (χ4v) is 1.84. The lowest BCUT2D eigenvalue weighted by Crippen LogP contribution is -2.37. The lowest BCUT2D eigenvalue weighted by molar-refractivity contribution is -0.156. The maximum Gasteiger partial charge on any atom is 0.332 e. The number of nitrogens with zero attached hydrogens (tertiary/aromatic N) is 4. The summed E-state index contributed by atoms with van der Waals surface area (Å²) in [7, 11) is 2.92. The van der Waals surface area contributed by atoms with Gasteiger partial charge in [0.05, 0.1) is 5.41 Å². The van der Waals surface area contributed by atoms with E-state index in [2.05, 4.69) is 4.98 Å². The van der Waals surface area contributed by atoms with Crippen LogP contribution in [-0.4, -0.2) is 24.7 Å². The van der Waals surface area contributed by atoms with E-state index in [9.17, 15) is 14.4 Å². The molecule has 0 atom stereocenters. The monoisotopic (exact) mass is 294 g/mol. The van der Waals surface area contributed by atoms with Gasteiger partial charge in [0, 0.05) is 14.1 Å². The third kappa shape index (κ3) is 2.48. The molecule has 0 aliphatic rings. The molecule has 0 aliphatic heterocycles. The van der Waals surface area contributed by atoms with E-state index in [0.29, 0.717) is 0 Å². The Morgan fingerprint density at radius 3 is 2.43 bits per heavy atom. The van der Waals surface area contributed by atoms with Gasteiger partial charge in [-0.3, -0.25) is 23.3 Å². The van der Waals surface area contributed by atoms with Crippen LogP contribution in [0.3, 0.4) is 0 Å². The molecule has 2 aromatic rings. The number of rotatable bonds is 2. The highest BCUT2D eigenvalue weighted by molar-refractivity contribution is 5.75. The smallest absolute Gasteiger partial charge is 0.332 e. The molecule has 0 saturated carbocycles. The van der Waals surface area contributed by atoms with E-state index in [1.54, 1.807) is 20.8 Å². The van der Waals surface area contributed by atoms with Crippen LogP contribution in [0.25, 0.3) is 11.2 Å². The van der Waals surface area contributed by atoms with Crippen LogP contribution in [0, 0.1) is 5.41 Å². The molecule has 0 N–H and O–H groups in total. The number of hydrogen-bond acceptors (Lipinski definition) is 5. The minimum Gasteiger partial charge on any atom is -0.443 e. The standard InChI is InChI=1S/C13H18N4O4/c1-13(2,3)11(19)21-7-17-6-14-9-8(17)10(18)16(5)12(20)15(9)4/h6H,7H2,1-5H3. The zero-order chi connectivity index (χ0) is 15.9. The predicted octanol–water partition coefficient (Wildman–Crippen LogP) is -0.0195. The highest BCUT2D eigenvalue weighted by atomic mass is 16.5. The van der Waals surface area contributed by atoms with Crippen molar-refractivity contribution in [3.8, 4) is 0 Å². The van der Waals surface area contributed by atoms with Crippen molar-refractivity contribution in [2.24, 2.45) is 19.5 Å². The molecule has 114 valence electrons. The zero-order valence-corrected chi connectivity index (χ0v) is 12.7. The molecule has 8 heteroatoms. The molecule has 0 bridgehead atoms. The van der Waals surface area contributed by atoms with Crippen LogP contribution in [0.5, 0.6) is 0 Å². The number of fused-ring (bicyclic) bond motifs is 1. The Bertz CT molecular complexity index is 820. The number of ether oxygens (including phenoxy) is 1. The molecule has 0 fully saturated rings.